The third-order valence-corrected chi connectivity index (χ3v) is 4.30. The average molecular weight is 388 g/mol. The largest absolute Gasteiger partial charge is 0.496 e. The monoisotopic (exact) mass is 388 g/mol. The zero-order chi connectivity index (χ0) is 20.8. The number of nitrogens with one attached hydrogen (secondary N) is 1. The summed E-state index contributed by atoms with van der Waals surface area (Å²) in [6.07, 6.45) is 0. The molecule has 0 aliphatic carbocycles. The molecule has 0 atom stereocenters. The van der Waals surface area contributed by atoms with Crippen molar-refractivity contribution in [2.75, 3.05) is 19.5 Å². The first-order chi connectivity index (χ1) is 14.0. The van der Waals surface area contributed by atoms with E-state index >= 15 is 0 Å². The van der Waals surface area contributed by atoms with Crippen molar-refractivity contribution in [3.05, 3.63) is 77.4 Å². The van der Waals surface area contributed by atoms with Crippen molar-refractivity contribution >= 4 is 11.6 Å². The Morgan fingerprint density at radius 2 is 1.62 bits per heavy atom. The summed E-state index contributed by atoms with van der Waals surface area (Å²) >= 11 is 0. The summed E-state index contributed by atoms with van der Waals surface area (Å²) in [5, 5.41) is 11.8. The molecule has 3 aromatic carbocycles. The van der Waals surface area contributed by atoms with Gasteiger partial charge in [0.25, 0.3) is 5.91 Å². The number of rotatable bonds is 6. The maximum absolute atomic E-state index is 12.5. The van der Waals surface area contributed by atoms with E-state index in [1.807, 2.05) is 13.0 Å². The van der Waals surface area contributed by atoms with Gasteiger partial charge in [0.05, 0.1) is 25.9 Å². The van der Waals surface area contributed by atoms with Crippen LogP contribution >= 0.6 is 0 Å². The molecule has 0 bridgehead atoms. The predicted octanol–water partition coefficient (Wildman–Crippen LogP) is 4.93. The molecule has 0 aliphatic rings. The molecule has 0 spiro atoms. The van der Waals surface area contributed by atoms with E-state index in [9.17, 15) is 4.79 Å². The number of nitriles is 1. The summed E-state index contributed by atoms with van der Waals surface area (Å²) in [4.78, 5) is 12.5. The average Bonchev–Trinajstić information content (AvgIpc) is 2.75. The molecule has 1 N–H and O–H groups in total. The number of ether oxygens (including phenoxy) is 3. The minimum atomic E-state index is -0.231. The second kappa shape index (κ2) is 8.81. The fraction of sp³-hybridized carbons (Fsp3) is 0.130. The molecule has 0 aromatic heterocycles. The van der Waals surface area contributed by atoms with Gasteiger partial charge in [-0.3, -0.25) is 4.79 Å². The number of hydrogen-bond acceptors (Lipinski definition) is 5. The maximum Gasteiger partial charge on any atom is 0.255 e. The van der Waals surface area contributed by atoms with Gasteiger partial charge in [-0.15, -0.1) is 0 Å². The van der Waals surface area contributed by atoms with Gasteiger partial charge in [0.1, 0.15) is 11.5 Å². The highest BCUT2D eigenvalue weighted by atomic mass is 16.5. The third-order valence-electron chi connectivity index (χ3n) is 4.30. The number of carbonyl (C=O) groups is 1. The van der Waals surface area contributed by atoms with Crippen LogP contribution in [0.5, 0.6) is 23.0 Å². The zero-order valence-corrected chi connectivity index (χ0v) is 16.4. The lowest BCUT2D eigenvalue weighted by Crippen LogP contribution is -2.12. The summed E-state index contributed by atoms with van der Waals surface area (Å²) in [5.74, 6) is 1.97. The predicted molar refractivity (Wildman–Crippen MR) is 110 cm³/mol. The van der Waals surface area contributed by atoms with Crippen LogP contribution < -0.4 is 19.5 Å². The molecule has 0 saturated heterocycles. The Bertz CT molecular complexity index is 1070. The molecule has 3 aromatic rings. The maximum atomic E-state index is 12.5. The Balaban J connectivity index is 1.71. The SMILES string of the molecule is COc1cc(C(=O)Nc2ccc(Oc3ccc(C#N)cc3OC)cc2)ccc1C. The molecule has 0 radical (unpaired) electrons. The normalized spacial score (nSPS) is 10.0. The lowest BCUT2D eigenvalue weighted by molar-refractivity contribution is 0.102. The zero-order valence-electron chi connectivity index (χ0n) is 16.4. The van der Waals surface area contributed by atoms with Crippen molar-refractivity contribution in [2.24, 2.45) is 0 Å². The molecule has 1 amide bonds. The highest BCUT2D eigenvalue weighted by molar-refractivity contribution is 6.04. The number of methoxy groups -OCH3 is 2. The molecule has 0 saturated carbocycles. The van der Waals surface area contributed by atoms with E-state index < -0.39 is 0 Å². The molecule has 0 aliphatic heterocycles. The summed E-state index contributed by atoms with van der Waals surface area (Å²) < 4.78 is 16.4. The highest BCUT2D eigenvalue weighted by Gasteiger charge is 2.10. The standard InChI is InChI=1S/C23H20N2O4/c1-15-4-6-17(13-21(15)27-2)23(26)25-18-7-9-19(10-8-18)29-20-11-5-16(14-24)12-22(20)28-3/h4-13H,1-3H3,(H,25,26). The summed E-state index contributed by atoms with van der Waals surface area (Å²) in [6, 6.07) is 19.3. The Kier molecular flexibility index (Phi) is 6.00. The number of nitrogens with zero attached hydrogens (tertiary/aromatic N) is 1. The minimum absolute atomic E-state index is 0.231. The topological polar surface area (TPSA) is 80.6 Å². The Hall–Kier alpha value is -3.98. The molecule has 146 valence electrons. The van der Waals surface area contributed by atoms with Gasteiger partial charge < -0.3 is 19.5 Å². The lowest BCUT2D eigenvalue weighted by Gasteiger charge is -2.12. The van der Waals surface area contributed by atoms with E-state index in [4.69, 9.17) is 19.5 Å². The number of anilines is 1. The molecule has 0 fully saturated rings. The van der Waals surface area contributed by atoms with Crippen molar-refractivity contribution < 1.29 is 19.0 Å². The van der Waals surface area contributed by atoms with Crippen LogP contribution in [0.15, 0.2) is 60.7 Å². The second-order valence-electron chi connectivity index (χ2n) is 6.24. The third kappa shape index (κ3) is 4.66. The number of benzene rings is 3. The summed E-state index contributed by atoms with van der Waals surface area (Å²) in [6.45, 7) is 1.92. The smallest absolute Gasteiger partial charge is 0.255 e. The number of aryl methyl sites for hydroxylation is 1. The molecule has 0 unspecified atom stereocenters. The van der Waals surface area contributed by atoms with E-state index in [0.717, 1.165) is 5.56 Å². The molecule has 3 rings (SSSR count). The Morgan fingerprint density at radius 1 is 0.897 bits per heavy atom. The van der Waals surface area contributed by atoms with E-state index in [1.165, 1.54) is 7.11 Å². The first kappa shape index (κ1) is 19.8. The lowest BCUT2D eigenvalue weighted by atomic mass is 10.1. The number of hydrogen-bond donors (Lipinski definition) is 1. The molecular formula is C23H20N2O4. The van der Waals surface area contributed by atoms with E-state index in [0.29, 0.717) is 39.8 Å². The summed E-state index contributed by atoms with van der Waals surface area (Å²) in [7, 11) is 3.09. The van der Waals surface area contributed by atoms with Gasteiger partial charge in [-0.05, 0) is 61.0 Å². The van der Waals surface area contributed by atoms with Crippen LogP contribution in [-0.2, 0) is 0 Å². The van der Waals surface area contributed by atoms with Crippen molar-refractivity contribution in [3.63, 3.8) is 0 Å². The fourth-order valence-electron chi connectivity index (χ4n) is 2.72. The Morgan fingerprint density at radius 3 is 2.28 bits per heavy atom. The van der Waals surface area contributed by atoms with E-state index in [1.54, 1.807) is 61.7 Å². The van der Waals surface area contributed by atoms with Crippen molar-refractivity contribution in [1.82, 2.24) is 0 Å². The highest BCUT2D eigenvalue weighted by Crippen LogP contribution is 2.32. The van der Waals surface area contributed by atoms with Crippen LogP contribution in [0.1, 0.15) is 21.5 Å². The van der Waals surface area contributed by atoms with Crippen LogP contribution in [0.2, 0.25) is 0 Å². The van der Waals surface area contributed by atoms with Crippen LogP contribution in [0.25, 0.3) is 0 Å². The van der Waals surface area contributed by atoms with Crippen molar-refractivity contribution in [1.29, 1.82) is 5.26 Å². The first-order valence-electron chi connectivity index (χ1n) is 8.86. The molecule has 6 nitrogen and oxygen atoms in total. The van der Waals surface area contributed by atoms with Gasteiger partial charge in [-0.2, -0.15) is 5.26 Å². The summed E-state index contributed by atoms with van der Waals surface area (Å²) in [5.41, 5.74) is 2.59. The fourth-order valence-corrected chi connectivity index (χ4v) is 2.72. The first-order valence-corrected chi connectivity index (χ1v) is 8.86. The van der Waals surface area contributed by atoms with Crippen molar-refractivity contribution in [3.8, 4) is 29.1 Å². The number of amides is 1. The van der Waals surface area contributed by atoms with Gasteiger partial charge in [-0.25, -0.2) is 0 Å². The van der Waals surface area contributed by atoms with Gasteiger partial charge in [0.2, 0.25) is 0 Å². The molecule has 29 heavy (non-hydrogen) atoms. The van der Waals surface area contributed by atoms with Gasteiger partial charge >= 0.3 is 0 Å². The van der Waals surface area contributed by atoms with Gasteiger partial charge in [0.15, 0.2) is 11.5 Å². The van der Waals surface area contributed by atoms with E-state index in [2.05, 4.69) is 11.4 Å². The molecule has 0 heterocycles. The number of carbonyl (C=O) groups excluding carboxylic acids is 1. The van der Waals surface area contributed by atoms with Crippen LogP contribution in [0.4, 0.5) is 5.69 Å². The van der Waals surface area contributed by atoms with Crippen LogP contribution in [0, 0.1) is 18.3 Å². The van der Waals surface area contributed by atoms with E-state index in [-0.39, 0.29) is 5.91 Å². The van der Waals surface area contributed by atoms with Crippen LogP contribution in [-0.4, -0.2) is 20.1 Å². The molecule has 6 heteroatoms. The quantitative estimate of drug-likeness (QED) is 0.648. The van der Waals surface area contributed by atoms with Gasteiger partial charge in [-0.1, -0.05) is 6.07 Å². The van der Waals surface area contributed by atoms with Gasteiger partial charge in [0, 0.05) is 17.3 Å². The Labute approximate surface area is 169 Å². The van der Waals surface area contributed by atoms with Crippen molar-refractivity contribution in [2.45, 2.75) is 6.92 Å². The van der Waals surface area contributed by atoms with Crippen LogP contribution in [0.3, 0.4) is 0 Å². The minimum Gasteiger partial charge on any atom is -0.496 e. The molecular weight excluding hydrogens is 368 g/mol. The second-order valence-corrected chi connectivity index (χ2v) is 6.24.